The van der Waals surface area contributed by atoms with Crippen molar-refractivity contribution < 1.29 is 22.7 Å². The number of alkyl halides is 3. The summed E-state index contributed by atoms with van der Waals surface area (Å²) in [6.45, 7) is -1.37. The molecule has 106 valence electrons. The van der Waals surface area contributed by atoms with Crippen LogP contribution in [-0.2, 0) is 4.74 Å². The number of halogens is 4. The van der Waals surface area contributed by atoms with Crippen molar-refractivity contribution >= 4 is 29.5 Å². The summed E-state index contributed by atoms with van der Waals surface area (Å²) in [7, 11) is 0. The van der Waals surface area contributed by atoms with E-state index in [4.69, 9.17) is 11.6 Å². The lowest BCUT2D eigenvalue weighted by atomic mass is 10.4. The molecule has 0 aliphatic heterocycles. The minimum atomic E-state index is -4.50. The van der Waals surface area contributed by atoms with E-state index in [1.807, 2.05) is 12.1 Å². The fraction of sp³-hybridized carbons (Fsp3) is 0.364. The minimum Gasteiger partial charge on any atom is -0.440 e. The first kappa shape index (κ1) is 16.0. The SMILES string of the molecule is O=C(NCCSc1ccc(Cl)cc1)OCC(F)(F)F. The third-order valence-electron chi connectivity index (χ3n) is 1.82. The predicted octanol–water partition coefficient (Wildman–Crippen LogP) is 3.72. The van der Waals surface area contributed by atoms with Crippen LogP contribution < -0.4 is 5.32 Å². The summed E-state index contributed by atoms with van der Waals surface area (Å²) >= 11 is 7.16. The molecule has 1 N–H and O–H groups in total. The van der Waals surface area contributed by atoms with Gasteiger partial charge in [0.1, 0.15) is 0 Å². The molecule has 0 heterocycles. The molecule has 0 aliphatic carbocycles. The van der Waals surface area contributed by atoms with Crippen molar-refractivity contribution in [3.05, 3.63) is 29.3 Å². The van der Waals surface area contributed by atoms with Gasteiger partial charge in [0, 0.05) is 22.2 Å². The molecule has 0 fully saturated rings. The number of ether oxygens (including phenoxy) is 1. The number of thioether (sulfide) groups is 1. The molecule has 0 saturated heterocycles. The van der Waals surface area contributed by atoms with Crippen molar-refractivity contribution in [2.24, 2.45) is 0 Å². The highest BCUT2D eigenvalue weighted by Crippen LogP contribution is 2.19. The molecular weight excluding hydrogens is 303 g/mol. The van der Waals surface area contributed by atoms with E-state index in [1.165, 1.54) is 11.8 Å². The molecule has 1 rings (SSSR count). The lowest BCUT2D eigenvalue weighted by Gasteiger charge is -2.08. The monoisotopic (exact) mass is 313 g/mol. The van der Waals surface area contributed by atoms with E-state index in [1.54, 1.807) is 12.1 Å². The lowest BCUT2D eigenvalue weighted by Crippen LogP contribution is -2.30. The van der Waals surface area contributed by atoms with Crippen LogP contribution in [0.15, 0.2) is 29.2 Å². The lowest BCUT2D eigenvalue weighted by molar-refractivity contribution is -0.160. The molecule has 0 aliphatic rings. The van der Waals surface area contributed by atoms with Crippen LogP contribution in [0.4, 0.5) is 18.0 Å². The summed E-state index contributed by atoms with van der Waals surface area (Å²) in [6, 6.07) is 7.09. The summed E-state index contributed by atoms with van der Waals surface area (Å²) < 4.78 is 39.2. The molecule has 1 amide bonds. The maximum atomic E-state index is 11.7. The molecule has 0 atom stereocenters. The van der Waals surface area contributed by atoms with Gasteiger partial charge in [-0.1, -0.05) is 11.6 Å². The standard InChI is InChI=1S/C11H11ClF3NO2S/c12-8-1-3-9(4-2-8)19-6-5-16-10(17)18-7-11(13,14)15/h1-4H,5-7H2,(H,16,17). The summed E-state index contributed by atoms with van der Waals surface area (Å²) in [5.74, 6) is 0.517. The molecule has 0 aromatic heterocycles. The normalized spacial score (nSPS) is 11.2. The van der Waals surface area contributed by atoms with Crippen LogP contribution in [0.2, 0.25) is 5.02 Å². The summed E-state index contributed by atoms with van der Waals surface area (Å²) in [4.78, 5) is 11.8. The first-order chi connectivity index (χ1) is 8.87. The number of hydrogen-bond donors (Lipinski definition) is 1. The third-order valence-corrected chi connectivity index (χ3v) is 3.09. The van der Waals surface area contributed by atoms with Gasteiger partial charge in [-0.05, 0) is 24.3 Å². The molecule has 1 aromatic carbocycles. The second-order valence-corrected chi connectivity index (χ2v) is 5.03. The smallest absolute Gasteiger partial charge is 0.422 e. The summed E-state index contributed by atoms with van der Waals surface area (Å²) in [5, 5.41) is 2.85. The van der Waals surface area contributed by atoms with Crippen LogP contribution in [0.25, 0.3) is 0 Å². The van der Waals surface area contributed by atoms with Crippen LogP contribution in [0.1, 0.15) is 0 Å². The van der Waals surface area contributed by atoms with Gasteiger partial charge in [0.05, 0.1) is 0 Å². The molecule has 19 heavy (non-hydrogen) atoms. The highest BCUT2D eigenvalue weighted by Gasteiger charge is 2.29. The minimum absolute atomic E-state index is 0.212. The Labute approximate surface area is 117 Å². The van der Waals surface area contributed by atoms with Crippen molar-refractivity contribution in [3.63, 3.8) is 0 Å². The largest absolute Gasteiger partial charge is 0.440 e. The molecular formula is C11H11ClF3NO2S. The van der Waals surface area contributed by atoms with Crippen molar-refractivity contribution in [1.29, 1.82) is 0 Å². The zero-order chi connectivity index (χ0) is 14.3. The van der Waals surface area contributed by atoms with E-state index >= 15 is 0 Å². The Balaban J connectivity index is 2.13. The van der Waals surface area contributed by atoms with Crippen LogP contribution in [0.5, 0.6) is 0 Å². The van der Waals surface area contributed by atoms with Gasteiger partial charge in [0.25, 0.3) is 0 Å². The Kier molecular flexibility index (Phi) is 6.30. The molecule has 1 aromatic rings. The highest BCUT2D eigenvalue weighted by atomic mass is 35.5. The van der Waals surface area contributed by atoms with Gasteiger partial charge in [0.15, 0.2) is 6.61 Å². The first-order valence-electron chi connectivity index (χ1n) is 5.22. The van der Waals surface area contributed by atoms with Gasteiger partial charge < -0.3 is 10.1 Å². The Bertz CT molecular complexity index is 411. The summed E-state index contributed by atoms with van der Waals surface area (Å²) in [6.07, 6.45) is -5.58. The van der Waals surface area contributed by atoms with Crippen molar-refractivity contribution in [2.75, 3.05) is 18.9 Å². The van der Waals surface area contributed by atoms with Gasteiger partial charge >= 0.3 is 12.3 Å². The third kappa shape index (κ3) is 7.84. The Morgan fingerprint density at radius 3 is 2.53 bits per heavy atom. The molecule has 0 unspecified atom stereocenters. The van der Waals surface area contributed by atoms with E-state index in [9.17, 15) is 18.0 Å². The van der Waals surface area contributed by atoms with E-state index in [0.717, 1.165) is 4.90 Å². The number of carbonyl (C=O) groups is 1. The first-order valence-corrected chi connectivity index (χ1v) is 6.59. The number of hydrogen-bond acceptors (Lipinski definition) is 3. The van der Waals surface area contributed by atoms with E-state index in [-0.39, 0.29) is 6.54 Å². The van der Waals surface area contributed by atoms with Crippen molar-refractivity contribution in [1.82, 2.24) is 5.32 Å². The van der Waals surface area contributed by atoms with Crippen molar-refractivity contribution in [2.45, 2.75) is 11.1 Å². The number of carbonyl (C=O) groups excluding carboxylic acids is 1. The van der Waals surface area contributed by atoms with E-state index in [0.29, 0.717) is 10.8 Å². The van der Waals surface area contributed by atoms with Crippen LogP contribution >= 0.6 is 23.4 Å². The topological polar surface area (TPSA) is 38.3 Å². The zero-order valence-electron chi connectivity index (χ0n) is 9.67. The van der Waals surface area contributed by atoms with Gasteiger partial charge in [0.2, 0.25) is 0 Å². The average Bonchev–Trinajstić information content (AvgIpc) is 2.33. The van der Waals surface area contributed by atoms with Gasteiger partial charge in [-0.25, -0.2) is 4.79 Å². The van der Waals surface area contributed by atoms with E-state index in [2.05, 4.69) is 10.1 Å². The average molecular weight is 314 g/mol. The second-order valence-electron chi connectivity index (χ2n) is 3.42. The maximum absolute atomic E-state index is 11.7. The summed E-state index contributed by atoms with van der Waals surface area (Å²) in [5.41, 5.74) is 0. The fourth-order valence-corrected chi connectivity index (χ4v) is 1.95. The number of alkyl carbamates (subject to hydrolysis) is 1. The quantitative estimate of drug-likeness (QED) is 0.665. The maximum Gasteiger partial charge on any atom is 0.422 e. The number of rotatable bonds is 5. The molecule has 8 heteroatoms. The second kappa shape index (κ2) is 7.49. The zero-order valence-corrected chi connectivity index (χ0v) is 11.2. The Hall–Kier alpha value is -1.08. The molecule has 0 radical (unpaired) electrons. The number of amides is 1. The van der Waals surface area contributed by atoms with Crippen LogP contribution in [0.3, 0.4) is 0 Å². The van der Waals surface area contributed by atoms with Gasteiger partial charge in [-0.15, -0.1) is 11.8 Å². The predicted molar refractivity (Wildman–Crippen MR) is 67.6 cm³/mol. The molecule has 0 bridgehead atoms. The van der Waals surface area contributed by atoms with Gasteiger partial charge in [-0.2, -0.15) is 13.2 Å². The van der Waals surface area contributed by atoms with E-state index < -0.39 is 18.9 Å². The van der Waals surface area contributed by atoms with Crippen molar-refractivity contribution in [3.8, 4) is 0 Å². The molecule has 3 nitrogen and oxygen atoms in total. The highest BCUT2D eigenvalue weighted by molar-refractivity contribution is 7.99. The number of nitrogens with one attached hydrogen (secondary N) is 1. The molecule has 0 spiro atoms. The van der Waals surface area contributed by atoms with Gasteiger partial charge in [-0.3, -0.25) is 0 Å². The fourth-order valence-electron chi connectivity index (χ4n) is 1.05. The Morgan fingerprint density at radius 2 is 1.95 bits per heavy atom. The molecule has 0 saturated carbocycles. The number of benzene rings is 1. The van der Waals surface area contributed by atoms with Crippen LogP contribution in [-0.4, -0.2) is 31.2 Å². The van der Waals surface area contributed by atoms with Crippen LogP contribution in [0, 0.1) is 0 Å². The Morgan fingerprint density at radius 1 is 1.32 bits per heavy atom.